The SMILES string of the molecule is Cc1ccc(C(=O)CCc2cccc(C(F)(F)F)c2)cc1-c1ccc2nc(Nc3cnn(C)c3)ncc2c1. The lowest BCUT2D eigenvalue weighted by molar-refractivity contribution is -0.137. The van der Waals surface area contributed by atoms with Gasteiger partial charge in [-0.15, -0.1) is 0 Å². The van der Waals surface area contributed by atoms with Gasteiger partial charge in [0.2, 0.25) is 5.95 Å². The molecule has 0 bridgehead atoms. The van der Waals surface area contributed by atoms with E-state index in [9.17, 15) is 18.0 Å². The Morgan fingerprint density at radius 2 is 1.87 bits per heavy atom. The average Bonchev–Trinajstić information content (AvgIpc) is 3.31. The number of hydrogen-bond acceptors (Lipinski definition) is 5. The number of carbonyl (C=O) groups is 1. The third kappa shape index (κ3) is 5.56. The second-order valence-corrected chi connectivity index (χ2v) is 9.15. The van der Waals surface area contributed by atoms with Crippen molar-refractivity contribution in [2.75, 3.05) is 5.32 Å². The molecule has 5 aromatic rings. The van der Waals surface area contributed by atoms with E-state index in [2.05, 4.69) is 20.4 Å². The molecular formula is C29H24F3N5O. The second-order valence-electron chi connectivity index (χ2n) is 9.15. The molecule has 2 aromatic heterocycles. The molecule has 0 unspecified atom stereocenters. The van der Waals surface area contributed by atoms with Gasteiger partial charge in [0.15, 0.2) is 5.78 Å². The highest BCUT2D eigenvalue weighted by atomic mass is 19.4. The number of aromatic nitrogens is 4. The Balaban J connectivity index is 1.34. The minimum absolute atomic E-state index is 0.113. The van der Waals surface area contributed by atoms with E-state index in [1.807, 2.05) is 50.5 Å². The number of fused-ring (bicyclic) bond motifs is 1. The van der Waals surface area contributed by atoms with Crippen LogP contribution in [0, 0.1) is 6.92 Å². The molecule has 0 atom stereocenters. The summed E-state index contributed by atoms with van der Waals surface area (Å²) in [4.78, 5) is 21.9. The van der Waals surface area contributed by atoms with Crippen molar-refractivity contribution in [1.29, 1.82) is 0 Å². The Kier molecular flexibility index (Phi) is 6.67. The van der Waals surface area contributed by atoms with E-state index >= 15 is 0 Å². The first-order chi connectivity index (χ1) is 18.2. The van der Waals surface area contributed by atoms with Gasteiger partial charge in [0.25, 0.3) is 0 Å². The van der Waals surface area contributed by atoms with Crippen molar-refractivity contribution in [3.8, 4) is 11.1 Å². The fourth-order valence-electron chi connectivity index (χ4n) is 4.29. The van der Waals surface area contributed by atoms with Crippen molar-refractivity contribution in [2.24, 2.45) is 7.05 Å². The summed E-state index contributed by atoms with van der Waals surface area (Å²) in [7, 11) is 1.83. The molecule has 2 heterocycles. The lowest BCUT2D eigenvalue weighted by Crippen LogP contribution is -2.06. The molecule has 0 radical (unpaired) electrons. The van der Waals surface area contributed by atoms with Crippen LogP contribution in [0.3, 0.4) is 0 Å². The first-order valence-corrected chi connectivity index (χ1v) is 12.0. The Labute approximate surface area is 217 Å². The number of ketones is 1. The molecule has 1 N–H and O–H groups in total. The highest BCUT2D eigenvalue weighted by Gasteiger charge is 2.30. The first kappa shape index (κ1) is 25.1. The van der Waals surface area contributed by atoms with Crippen molar-refractivity contribution in [2.45, 2.75) is 25.9 Å². The third-order valence-electron chi connectivity index (χ3n) is 6.31. The van der Waals surface area contributed by atoms with Gasteiger partial charge < -0.3 is 5.32 Å². The number of nitrogens with one attached hydrogen (secondary N) is 1. The molecule has 5 rings (SSSR count). The van der Waals surface area contributed by atoms with Crippen molar-refractivity contribution >= 4 is 28.3 Å². The molecular weight excluding hydrogens is 491 g/mol. The van der Waals surface area contributed by atoms with Crippen LogP contribution in [0.4, 0.5) is 24.8 Å². The maximum absolute atomic E-state index is 13.0. The zero-order valence-electron chi connectivity index (χ0n) is 20.8. The van der Waals surface area contributed by atoms with Gasteiger partial charge in [0, 0.05) is 36.8 Å². The van der Waals surface area contributed by atoms with E-state index in [0.717, 1.165) is 45.4 Å². The van der Waals surface area contributed by atoms with E-state index in [4.69, 9.17) is 0 Å². The smallest absolute Gasteiger partial charge is 0.321 e. The number of Topliss-reactive ketones (excluding diaryl/α,β-unsaturated/α-hetero) is 1. The van der Waals surface area contributed by atoms with Crippen molar-refractivity contribution in [3.63, 3.8) is 0 Å². The van der Waals surface area contributed by atoms with Crippen LogP contribution in [-0.4, -0.2) is 25.5 Å². The van der Waals surface area contributed by atoms with Gasteiger partial charge in [-0.1, -0.05) is 36.4 Å². The maximum atomic E-state index is 13.0. The second kappa shape index (κ2) is 10.1. The van der Waals surface area contributed by atoms with Crippen LogP contribution < -0.4 is 5.32 Å². The first-order valence-electron chi connectivity index (χ1n) is 12.0. The molecule has 0 saturated heterocycles. The van der Waals surface area contributed by atoms with Gasteiger partial charge in [0.1, 0.15) is 0 Å². The van der Waals surface area contributed by atoms with Crippen LogP contribution in [0.15, 0.2) is 79.3 Å². The van der Waals surface area contributed by atoms with Crippen LogP contribution in [0.25, 0.3) is 22.0 Å². The molecule has 0 amide bonds. The number of rotatable bonds is 7. The number of hydrogen-bond donors (Lipinski definition) is 1. The molecule has 0 saturated carbocycles. The van der Waals surface area contributed by atoms with Crippen LogP contribution in [-0.2, 0) is 19.6 Å². The van der Waals surface area contributed by atoms with Gasteiger partial charge in [0.05, 0.1) is 23.0 Å². The molecule has 3 aromatic carbocycles. The van der Waals surface area contributed by atoms with Crippen molar-refractivity contribution in [1.82, 2.24) is 19.7 Å². The van der Waals surface area contributed by atoms with E-state index in [-0.39, 0.29) is 18.6 Å². The standard InChI is InChI=1S/C29H24F3N5O/c1-18-6-8-21(27(38)11-7-19-4-3-5-23(12-19)29(30,31)32)14-25(18)20-9-10-26-22(13-20)15-33-28(36-26)35-24-16-34-37(2)17-24/h3-6,8-10,12-17H,7,11H2,1-2H3,(H,33,35,36). The predicted octanol–water partition coefficient (Wildman–Crippen LogP) is 6.92. The van der Waals surface area contributed by atoms with Crippen LogP contribution in [0.2, 0.25) is 0 Å². The third-order valence-corrected chi connectivity index (χ3v) is 6.31. The number of aryl methyl sites for hydroxylation is 3. The molecule has 0 aliphatic carbocycles. The number of anilines is 2. The van der Waals surface area contributed by atoms with Gasteiger partial charge >= 0.3 is 6.18 Å². The summed E-state index contributed by atoms with van der Waals surface area (Å²) in [5.74, 6) is 0.335. The van der Waals surface area contributed by atoms with E-state index in [1.165, 1.54) is 6.07 Å². The maximum Gasteiger partial charge on any atom is 0.416 e. The minimum atomic E-state index is -4.41. The van der Waals surface area contributed by atoms with Crippen molar-refractivity contribution in [3.05, 3.63) is 102 Å². The number of halogens is 3. The fourth-order valence-corrected chi connectivity index (χ4v) is 4.29. The predicted molar refractivity (Wildman–Crippen MR) is 140 cm³/mol. The average molecular weight is 516 g/mol. The molecule has 0 aliphatic heterocycles. The molecule has 0 spiro atoms. The summed E-state index contributed by atoms with van der Waals surface area (Å²) < 4.78 is 40.7. The summed E-state index contributed by atoms with van der Waals surface area (Å²) in [6.07, 6.45) is 1.19. The largest absolute Gasteiger partial charge is 0.416 e. The van der Waals surface area contributed by atoms with Gasteiger partial charge in [-0.05, 0) is 59.9 Å². The molecule has 0 aliphatic rings. The zero-order valence-corrected chi connectivity index (χ0v) is 20.8. The summed E-state index contributed by atoms with van der Waals surface area (Å²) in [6, 6.07) is 16.4. The van der Waals surface area contributed by atoms with Gasteiger partial charge in [-0.2, -0.15) is 18.3 Å². The monoisotopic (exact) mass is 515 g/mol. The van der Waals surface area contributed by atoms with Gasteiger partial charge in [-0.3, -0.25) is 9.48 Å². The minimum Gasteiger partial charge on any atom is -0.321 e. The lowest BCUT2D eigenvalue weighted by atomic mass is 9.94. The number of benzene rings is 3. The number of carbonyl (C=O) groups excluding carboxylic acids is 1. The lowest BCUT2D eigenvalue weighted by Gasteiger charge is -2.11. The Bertz CT molecular complexity index is 1640. The number of alkyl halides is 3. The van der Waals surface area contributed by atoms with Crippen LogP contribution in [0.1, 0.15) is 33.5 Å². The summed E-state index contributed by atoms with van der Waals surface area (Å²) in [5, 5.41) is 8.10. The molecule has 6 nitrogen and oxygen atoms in total. The zero-order chi connectivity index (χ0) is 26.9. The quantitative estimate of drug-likeness (QED) is 0.238. The Morgan fingerprint density at radius 1 is 1.03 bits per heavy atom. The molecule has 38 heavy (non-hydrogen) atoms. The van der Waals surface area contributed by atoms with Crippen LogP contribution in [0.5, 0.6) is 0 Å². The van der Waals surface area contributed by atoms with E-state index in [1.54, 1.807) is 29.2 Å². The summed E-state index contributed by atoms with van der Waals surface area (Å²) in [5.41, 5.74) is 4.65. The number of nitrogens with zero attached hydrogens (tertiary/aromatic N) is 4. The fraction of sp³-hybridized carbons (Fsp3) is 0.172. The van der Waals surface area contributed by atoms with E-state index < -0.39 is 11.7 Å². The summed E-state index contributed by atoms with van der Waals surface area (Å²) >= 11 is 0. The van der Waals surface area contributed by atoms with Gasteiger partial charge in [-0.25, -0.2) is 9.97 Å². The molecule has 9 heteroatoms. The highest BCUT2D eigenvalue weighted by molar-refractivity contribution is 5.98. The molecule has 0 fully saturated rings. The Morgan fingerprint density at radius 3 is 2.63 bits per heavy atom. The normalized spacial score (nSPS) is 11.6. The Hall–Kier alpha value is -4.53. The topological polar surface area (TPSA) is 72.7 Å². The summed E-state index contributed by atoms with van der Waals surface area (Å²) in [6.45, 7) is 1.97. The van der Waals surface area contributed by atoms with Crippen LogP contribution >= 0.6 is 0 Å². The highest BCUT2D eigenvalue weighted by Crippen LogP contribution is 2.31. The van der Waals surface area contributed by atoms with Crippen molar-refractivity contribution < 1.29 is 18.0 Å². The van der Waals surface area contributed by atoms with E-state index in [0.29, 0.717) is 17.1 Å². The molecule has 192 valence electrons.